The molecule has 0 amide bonds. The van der Waals surface area contributed by atoms with Crippen LogP contribution in [0, 0.1) is 0 Å². The summed E-state index contributed by atoms with van der Waals surface area (Å²) in [6.45, 7) is 0.100. The smallest absolute Gasteiger partial charge is 0.416 e. The Hall–Kier alpha value is -2.46. The molecule has 0 saturated carbocycles. The number of alkyl halides is 3. The second-order valence-electron chi connectivity index (χ2n) is 5.28. The first-order valence-electron chi connectivity index (χ1n) is 7.45. The number of hydrogen-bond acceptors (Lipinski definition) is 5. The molecule has 0 saturated heterocycles. The summed E-state index contributed by atoms with van der Waals surface area (Å²) in [4.78, 5) is -0.256. The maximum atomic E-state index is 12.5. The molecule has 0 atom stereocenters. The zero-order chi connectivity index (χ0) is 18.8. The molecule has 6 nitrogen and oxygen atoms in total. The minimum atomic E-state index is -4.52. The molecule has 1 aliphatic heterocycles. The number of benzene rings is 2. The van der Waals surface area contributed by atoms with Crippen LogP contribution < -0.4 is 18.9 Å². The molecule has 1 N–H and O–H groups in total. The lowest BCUT2D eigenvalue weighted by atomic mass is 10.2. The summed E-state index contributed by atoms with van der Waals surface area (Å²) >= 11 is 0. The van der Waals surface area contributed by atoms with E-state index in [1.807, 2.05) is 0 Å². The number of nitrogens with one attached hydrogen (secondary N) is 1. The summed E-state index contributed by atoms with van der Waals surface area (Å²) in [7, 11) is -3.93. The molecule has 2 aromatic rings. The second-order valence-corrected chi connectivity index (χ2v) is 7.05. The third kappa shape index (κ3) is 4.20. The van der Waals surface area contributed by atoms with Gasteiger partial charge in [0.2, 0.25) is 16.8 Å². The van der Waals surface area contributed by atoms with Gasteiger partial charge in [-0.3, -0.25) is 0 Å². The van der Waals surface area contributed by atoms with Crippen LogP contribution in [0.3, 0.4) is 0 Å². The fraction of sp³-hybridized carbons (Fsp3) is 0.250. The van der Waals surface area contributed by atoms with Gasteiger partial charge in [-0.05, 0) is 36.4 Å². The van der Waals surface area contributed by atoms with Crippen molar-refractivity contribution in [3.8, 4) is 17.2 Å². The molecular weight excluding hydrogens is 375 g/mol. The van der Waals surface area contributed by atoms with Crippen LogP contribution in [0.25, 0.3) is 0 Å². The molecule has 1 aliphatic rings. The quantitative estimate of drug-likeness (QED) is 0.769. The summed E-state index contributed by atoms with van der Waals surface area (Å²) < 4.78 is 79.7. The summed E-state index contributed by atoms with van der Waals surface area (Å²) in [6, 6.07) is 8.19. The highest BCUT2D eigenvalue weighted by Gasteiger charge is 2.30. The number of fused-ring (bicyclic) bond motifs is 1. The third-order valence-corrected chi connectivity index (χ3v) is 4.98. The van der Waals surface area contributed by atoms with Gasteiger partial charge in [0.05, 0.1) is 10.5 Å². The molecule has 2 aromatic carbocycles. The highest BCUT2D eigenvalue weighted by Crippen LogP contribution is 2.35. The van der Waals surface area contributed by atoms with Crippen molar-refractivity contribution in [1.82, 2.24) is 4.72 Å². The lowest BCUT2D eigenvalue weighted by Gasteiger charge is -2.10. The van der Waals surface area contributed by atoms with Gasteiger partial charge in [0.1, 0.15) is 12.4 Å². The molecule has 26 heavy (non-hydrogen) atoms. The molecular formula is C16H14F3NO5S. The van der Waals surface area contributed by atoms with Crippen LogP contribution in [0.15, 0.2) is 47.4 Å². The fourth-order valence-corrected chi connectivity index (χ4v) is 3.23. The topological polar surface area (TPSA) is 73.9 Å². The Kier molecular flexibility index (Phi) is 4.97. The van der Waals surface area contributed by atoms with Crippen LogP contribution in [0.5, 0.6) is 17.2 Å². The lowest BCUT2D eigenvalue weighted by Crippen LogP contribution is -2.28. The van der Waals surface area contributed by atoms with Crippen molar-refractivity contribution in [2.75, 3.05) is 19.9 Å². The van der Waals surface area contributed by atoms with Gasteiger partial charge in [0.15, 0.2) is 11.5 Å². The molecule has 140 valence electrons. The van der Waals surface area contributed by atoms with E-state index in [9.17, 15) is 21.6 Å². The molecule has 0 unspecified atom stereocenters. The first kappa shape index (κ1) is 18.3. The number of rotatable bonds is 6. The van der Waals surface area contributed by atoms with Gasteiger partial charge < -0.3 is 14.2 Å². The Morgan fingerprint density at radius 3 is 2.42 bits per heavy atom. The van der Waals surface area contributed by atoms with Gasteiger partial charge in [-0.2, -0.15) is 13.2 Å². The Balaban J connectivity index is 1.53. The van der Waals surface area contributed by atoms with Crippen molar-refractivity contribution >= 4 is 10.0 Å². The fourth-order valence-electron chi connectivity index (χ4n) is 2.22. The van der Waals surface area contributed by atoms with Gasteiger partial charge in [-0.25, -0.2) is 13.1 Å². The van der Waals surface area contributed by atoms with Crippen molar-refractivity contribution < 1.29 is 35.8 Å². The van der Waals surface area contributed by atoms with Crippen LogP contribution in [0.4, 0.5) is 13.2 Å². The molecule has 10 heteroatoms. The van der Waals surface area contributed by atoms with E-state index in [0.29, 0.717) is 17.2 Å². The number of halogens is 3. The van der Waals surface area contributed by atoms with Crippen LogP contribution in [0.2, 0.25) is 0 Å². The first-order chi connectivity index (χ1) is 12.3. The number of hydrogen-bond donors (Lipinski definition) is 1. The van der Waals surface area contributed by atoms with Crippen LogP contribution in [-0.2, 0) is 16.2 Å². The standard InChI is InChI=1S/C16H14F3NO5S/c17-16(18,19)11-1-4-13(5-2-11)26(21,22)20-7-8-23-12-3-6-14-15(9-12)25-10-24-14/h1-6,9,20H,7-8,10H2. The zero-order valence-electron chi connectivity index (χ0n) is 13.2. The molecule has 0 fully saturated rings. The van der Waals surface area contributed by atoms with Crippen LogP contribution in [0.1, 0.15) is 5.56 Å². The first-order valence-corrected chi connectivity index (χ1v) is 8.93. The van der Waals surface area contributed by atoms with E-state index in [4.69, 9.17) is 14.2 Å². The largest absolute Gasteiger partial charge is 0.492 e. The number of sulfonamides is 1. The molecule has 1 heterocycles. The zero-order valence-corrected chi connectivity index (χ0v) is 14.1. The molecule has 0 aromatic heterocycles. The average molecular weight is 389 g/mol. The lowest BCUT2D eigenvalue weighted by molar-refractivity contribution is -0.137. The summed E-state index contributed by atoms with van der Waals surface area (Å²) in [5.74, 6) is 1.61. The minimum Gasteiger partial charge on any atom is -0.492 e. The molecule has 0 spiro atoms. The summed E-state index contributed by atoms with van der Waals surface area (Å²) in [5.41, 5.74) is -0.914. The van der Waals surface area contributed by atoms with Crippen molar-refractivity contribution in [1.29, 1.82) is 0 Å². The SMILES string of the molecule is O=S(=O)(NCCOc1ccc2c(c1)OCO2)c1ccc(C(F)(F)F)cc1. The summed E-state index contributed by atoms with van der Waals surface area (Å²) in [5, 5.41) is 0. The van der Waals surface area contributed by atoms with Gasteiger partial charge >= 0.3 is 6.18 Å². The molecule has 0 aliphatic carbocycles. The Morgan fingerprint density at radius 2 is 1.73 bits per heavy atom. The maximum absolute atomic E-state index is 12.5. The normalized spacial score (nSPS) is 13.7. The highest BCUT2D eigenvalue weighted by molar-refractivity contribution is 7.89. The summed E-state index contributed by atoms with van der Waals surface area (Å²) in [6.07, 6.45) is -4.52. The van der Waals surface area contributed by atoms with E-state index in [-0.39, 0.29) is 24.8 Å². The van der Waals surface area contributed by atoms with E-state index in [1.165, 1.54) is 0 Å². The monoisotopic (exact) mass is 389 g/mol. The van der Waals surface area contributed by atoms with Crippen molar-refractivity contribution in [2.24, 2.45) is 0 Å². The van der Waals surface area contributed by atoms with E-state index < -0.39 is 21.8 Å². The van der Waals surface area contributed by atoms with Gasteiger partial charge in [-0.1, -0.05) is 0 Å². The Morgan fingerprint density at radius 1 is 1.04 bits per heavy atom. The van der Waals surface area contributed by atoms with Gasteiger partial charge in [-0.15, -0.1) is 0 Å². The van der Waals surface area contributed by atoms with E-state index in [2.05, 4.69) is 4.72 Å². The Bertz CT molecular complexity index is 882. The van der Waals surface area contributed by atoms with Crippen molar-refractivity contribution in [3.05, 3.63) is 48.0 Å². The van der Waals surface area contributed by atoms with E-state index in [1.54, 1.807) is 18.2 Å². The average Bonchev–Trinajstić information content (AvgIpc) is 3.06. The molecule has 0 radical (unpaired) electrons. The Labute approximate surface area is 147 Å². The minimum absolute atomic E-state index is 0.0273. The predicted octanol–water partition coefficient (Wildman–Crippen LogP) is 2.79. The number of ether oxygens (including phenoxy) is 3. The van der Waals surface area contributed by atoms with E-state index in [0.717, 1.165) is 24.3 Å². The van der Waals surface area contributed by atoms with Crippen molar-refractivity contribution in [2.45, 2.75) is 11.1 Å². The highest BCUT2D eigenvalue weighted by atomic mass is 32.2. The maximum Gasteiger partial charge on any atom is 0.416 e. The second kappa shape index (κ2) is 7.04. The van der Waals surface area contributed by atoms with Crippen LogP contribution >= 0.6 is 0 Å². The van der Waals surface area contributed by atoms with Crippen molar-refractivity contribution in [3.63, 3.8) is 0 Å². The van der Waals surface area contributed by atoms with Gasteiger partial charge in [0.25, 0.3) is 0 Å². The van der Waals surface area contributed by atoms with E-state index >= 15 is 0 Å². The molecule has 3 rings (SSSR count). The predicted molar refractivity (Wildman–Crippen MR) is 84.7 cm³/mol. The van der Waals surface area contributed by atoms with Crippen LogP contribution in [-0.4, -0.2) is 28.4 Å². The molecule has 0 bridgehead atoms. The third-order valence-electron chi connectivity index (χ3n) is 3.50. The van der Waals surface area contributed by atoms with Gasteiger partial charge in [0, 0.05) is 12.6 Å².